The van der Waals surface area contributed by atoms with E-state index < -0.39 is 40.0 Å². The normalized spacial score (nSPS) is 15.0. The van der Waals surface area contributed by atoms with Crippen LogP contribution in [-0.4, -0.2) is 53.1 Å². The first kappa shape index (κ1) is 38.3. The maximum atomic E-state index is 12.4. The lowest BCUT2D eigenvalue weighted by molar-refractivity contribution is -0.130. The molecule has 0 aromatic carbocycles. The zero-order valence-corrected chi connectivity index (χ0v) is 25.9. The summed E-state index contributed by atoms with van der Waals surface area (Å²) in [4.78, 5) is 12.4. The van der Waals surface area contributed by atoms with Crippen molar-refractivity contribution in [2.24, 2.45) is 0 Å². The molecule has 0 bridgehead atoms. The number of carbonyl (C=O) groups is 1. The van der Waals surface area contributed by atoms with Crippen LogP contribution in [-0.2, 0) is 14.9 Å². The lowest BCUT2D eigenvalue weighted by atomic mass is 10.1. The van der Waals surface area contributed by atoms with Gasteiger partial charge < -0.3 is 15.5 Å². The van der Waals surface area contributed by atoms with Crippen LogP contribution in [0.3, 0.4) is 0 Å². The standard InChI is InChI=1S/C32H57NO6S/c1-3-5-7-9-11-13-15-17-19-21-23-25-27-31(35)32(36)33-29(28-40(37,38)39)30(34)26-24-22-20-18-16-14-12-10-8-6-4-2/h8,10,16-19,24,26,29-31,34-35H,3-7,9,11-15,20-23,25,27-28H2,1-2H3,(H,33,36)(H,37,38,39)/b10-8+,18-16+,19-17-,26-24+. The van der Waals surface area contributed by atoms with Crippen LogP contribution in [0.2, 0.25) is 0 Å². The lowest BCUT2D eigenvalue weighted by Crippen LogP contribution is -2.50. The van der Waals surface area contributed by atoms with Crippen molar-refractivity contribution in [2.45, 2.75) is 141 Å². The number of rotatable bonds is 26. The van der Waals surface area contributed by atoms with Gasteiger partial charge in [0.15, 0.2) is 0 Å². The molecule has 1 amide bonds. The Balaban J connectivity index is 4.37. The average Bonchev–Trinajstić information content (AvgIpc) is 2.90. The van der Waals surface area contributed by atoms with Gasteiger partial charge in [0, 0.05) is 0 Å². The van der Waals surface area contributed by atoms with E-state index >= 15 is 0 Å². The molecular formula is C32H57NO6S. The minimum Gasteiger partial charge on any atom is -0.387 e. The van der Waals surface area contributed by atoms with Crippen LogP contribution in [0.4, 0.5) is 0 Å². The van der Waals surface area contributed by atoms with Gasteiger partial charge in [-0.25, -0.2) is 0 Å². The quantitative estimate of drug-likeness (QED) is 0.0495. The van der Waals surface area contributed by atoms with Crippen LogP contribution >= 0.6 is 0 Å². The molecule has 7 nitrogen and oxygen atoms in total. The molecule has 0 spiro atoms. The highest BCUT2D eigenvalue weighted by Gasteiger charge is 2.27. The van der Waals surface area contributed by atoms with Crippen LogP contribution < -0.4 is 5.32 Å². The number of carbonyl (C=O) groups excluding carboxylic acids is 1. The molecule has 0 aliphatic heterocycles. The number of hydrogen-bond donors (Lipinski definition) is 4. The summed E-state index contributed by atoms with van der Waals surface area (Å²) in [5, 5.41) is 23.1. The number of allylic oxidation sites excluding steroid dienone is 7. The summed E-state index contributed by atoms with van der Waals surface area (Å²) in [5.74, 6) is -1.60. The SMILES string of the molecule is CCC/C=C/CC/C=C/CC/C=C/C(O)C(CS(=O)(=O)O)NC(=O)C(O)CCCC/C=C\CCCCCCCC. The molecule has 8 heteroatoms. The van der Waals surface area contributed by atoms with E-state index in [4.69, 9.17) is 0 Å². The summed E-state index contributed by atoms with van der Waals surface area (Å²) in [7, 11) is -4.45. The summed E-state index contributed by atoms with van der Waals surface area (Å²) in [6.45, 7) is 4.37. The van der Waals surface area contributed by atoms with Crippen LogP contribution in [0, 0.1) is 0 Å². The molecule has 0 saturated carbocycles. The molecule has 40 heavy (non-hydrogen) atoms. The van der Waals surface area contributed by atoms with Gasteiger partial charge in [-0.05, 0) is 64.2 Å². The van der Waals surface area contributed by atoms with E-state index in [1.807, 2.05) is 0 Å². The van der Waals surface area contributed by atoms with Gasteiger partial charge in [0.05, 0.1) is 17.9 Å². The van der Waals surface area contributed by atoms with Crippen molar-refractivity contribution < 1.29 is 28.0 Å². The molecule has 0 aliphatic carbocycles. The largest absolute Gasteiger partial charge is 0.387 e. The molecule has 3 unspecified atom stereocenters. The highest BCUT2D eigenvalue weighted by Crippen LogP contribution is 2.10. The topological polar surface area (TPSA) is 124 Å². The molecule has 0 aliphatic rings. The third-order valence-electron chi connectivity index (χ3n) is 6.54. The maximum absolute atomic E-state index is 12.4. The molecule has 4 N–H and O–H groups in total. The Kier molecular flexibility index (Phi) is 25.0. The van der Waals surface area contributed by atoms with Gasteiger partial charge >= 0.3 is 0 Å². The van der Waals surface area contributed by atoms with E-state index in [0.717, 1.165) is 51.4 Å². The van der Waals surface area contributed by atoms with Crippen molar-refractivity contribution >= 4 is 16.0 Å². The Hall–Kier alpha value is -1.74. The lowest BCUT2D eigenvalue weighted by Gasteiger charge is -2.22. The van der Waals surface area contributed by atoms with E-state index in [0.29, 0.717) is 12.8 Å². The number of unbranched alkanes of at least 4 members (excludes halogenated alkanes) is 11. The second-order valence-corrected chi connectivity index (χ2v) is 12.0. The molecule has 0 saturated heterocycles. The van der Waals surface area contributed by atoms with Crippen LogP contribution in [0.15, 0.2) is 48.6 Å². The molecular weight excluding hydrogens is 526 g/mol. The number of amides is 1. The zero-order chi connectivity index (χ0) is 29.9. The van der Waals surface area contributed by atoms with E-state index in [9.17, 15) is 28.0 Å². The van der Waals surface area contributed by atoms with Gasteiger partial charge in [-0.3, -0.25) is 9.35 Å². The van der Waals surface area contributed by atoms with E-state index in [-0.39, 0.29) is 6.42 Å². The number of nitrogens with one attached hydrogen (secondary N) is 1. The Labute approximate surface area is 244 Å². The van der Waals surface area contributed by atoms with Gasteiger partial charge in [0.2, 0.25) is 5.91 Å². The van der Waals surface area contributed by atoms with Crippen molar-refractivity contribution in [3.8, 4) is 0 Å². The fourth-order valence-corrected chi connectivity index (χ4v) is 4.87. The maximum Gasteiger partial charge on any atom is 0.267 e. The minimum absolute atomic E-state index is 0.238. The number of aliphatic hydroxyl groups excluding tert-OH is 2. The number of aliphatic hydroxyl groups is 2. The van der Waals surface area contributed by atoms with E-state index in [1.54, 1.807) is 6.08 Å². The number of hydrogen-bond acceptors (Lipinski definition) is 5. The second-order valence-electron chi connectivity index (χ2n) is 10.5. The first-order valence-electron chi connectivity index (χ1n) is 15.4. The van der Waals surface area contributed by atoms with Crippen LogP contribution in [0.25, 0.3) is 0 Å². The molecule has 232 valence electrons. The summed E-state index contributed by atoms with van der Waals surface area (Å²) in [5.41, 5.74) is 0. The third-order valence-corrected chi connectivity index (χ3v) is 7.32. The summed E-state index contributed by atoms with van der Waals surface area (Å²) >= 11 is 0. The van der Waals surface area contributed by atoms with Gasteiger partial charge in [-0.2, -0.15) is 8.42 Å². The fraction of sp³-hybridized carbons (Fsp3) is 0.719. The fourth-order valence-electron chi connectivity index (χ4n) is 4.13. The van der Waals surface area contributed by atoms with E-state index in [1.165, 1.54) is 44.6 Å². The zero-order valence-electron chi connectivity index (χ0n) is 25.1. The molecule has 0 heterocycles. The smallest absolute Gasteiger partial charge is 0.267 e. The Morgan fingerprint density at radius 3 is 1.75 bits per heavy atom. The van der Waals surface area contributed by atoms with Crippen molar-refractivity contribution in [3.05, 3.63) is 48.6 Å². The van der Waals surface area contributed by atoms with Crippen molar-refractivity contribution in [2.75, 3.05) is 5.75 Å². The Morgan fingerprint density at radius 1 is 0.675 bits per heavy atom. The average molecular weight is 584 g/mol. The first-order chi connectivity index (χ1) is 19.2. The highest BCUT2D eigenvalue weighted by molar-refractivity contribution is 7.85. The van der Waals surface area contributed by atoms with Gasteiger partial charge in [-0.15, -0.1) is 0 Å². The van der Waals surface area contributed by atoms with E-state index in [2.05, 4.69) is 55.6 Å². The molecule has 0 radical (unpaired) electrons. The predicted molar refractivity (Wildman–Crippen MR) is 167 cm³/mol. The van der Waals surface area contributed by atoms with Gasteiger partial charge in [-0.1, -0.05) is 107 Å². The highest BCUT2D eigenvalue weighted by atomic mass is 32.2. The van der Waals surface area contributed by atoms with Gasteiger partial charge in [0.25, 0.3) is 10.1 Å². The van der Waals surface area contributed by atoms with Crippen LogP contribution in [0.1, 0.15) is 123 Å². The second kappa shape index (κ2) is 26.2. The minimum atomic E-state index is -4.45. The molecule has 3 atom stereocenters. The summed E-state index contributed by atoms with van der Waals surface area (Å²) in [6, 6.07) is -1.26. The van der Waals surface area contributed by atoms with Crippen molar-refractivity contribution in [3.63, 3.8) is 0 Å². The first-order valence-corrected chi connectivity index (χ1v) is 17.1. The van der Waals surface area contributed by atoms with Crippen LogP contribution in [0.5, 0.6) is 0 Å². The molecule has 0 rings (SSSR count). The summed E-state index contributed by atoms with van der Waals surface area (Å²) in [6.07, 6.45) is 30.4. The molecule has 0 aromatic rings. The predicted octanol–water partition coefficient (Wildman–Crippen LogP) is 6.98. The molecule has 0 aromatic heterocycles. The van der Waals surface area contributed by atoms with Crippen molar-refractivity contribution in [1.29, 1.82) is 0 Å². The summed E-state index contributed by atoms with van der Waals surface area (Å²) < 4.78 is 32.2. The third kappa shape index (κ3) is 25.2. The molecule has 0 fully saturated rings. The Bertz CT molecular complexity index is 834. The van der Waals surface area contributed by atoms with Crippen molar-refractivity contribution in [1.82, 2.24) is 5.32 Å². The monoisotopic (exact) mass is 583 g/mol. The van der Waals surface area contributed by atoms with Gasteiger partial charge in [0.1, 0.15) is 6.10 Å². The Morgan fingerprint density at radius 2 is 1.18 bits per heavy atom.